The number of carbonyl (C=O) groups is 2. The molecule has 0 aliphatic carbocycles. The van der Waals surface area contributed by atoms with Crippen molar-refractivity contribution < 1.29 is 31.2 Å². The van der Waals surface area contributed by atoms with E-state index in [-0.39, 0.29) is 24.6 Å². The van der Waals surface area contributed by atoms with Crippen molar-refractivity contribution in [2.75, 3.05) is 4.90 Å². The van der Waals surface area contributed by atoms with Crippen molar-refractivity contribution in [1.82, 2.24) is 4.72 Å². The van der Waals surface area contributed by atoms with Crippen LogP contribution in [0, 0.1) is 17.5 Å². The van der Waals surface area contributed by atoms with E-state index in [1.807, 2.05) is 48.5 Å². The first-order chi connectivity index (χ1) is 18.5. The number of nitrogens with one attached hydrogen (secondary N) is 1. The third kappa shape index (κ3) is 5.03. The van der Waals surface area contributed by atoms with Gasteiger partial charge in [0.1, 0.15) is 10.7 Å². The monoisotopic (exact) mass is 550 g/mol. The minimum absolute atomic E-state index is 0.0831. The first kappa shape index (κ1) is 26.2. The van der Waals surface area contributed by atoms with Crippen LogP contribution in [0.15, 0.2) is 83.8 Å². The molecule has 1 atom stereocenters. The smallest absolute Gasteiger partial charge is 0.267 e. The van der Waals surface area contributed by atoms with Crippen LogP contribution in [0.25, 0.3) is 16.8 Å². The fraction of sp³-hybridized carbons (Fsp3) is 0.103. The molecule has 1 unspecified atom stereocenters. The highest BCUT2D eigenvalue weighted by Gasteiger charge is 2.35. The SMILES string of the molecule is CC1C(=O)N(Cc2ccc3ccccc3c2)c2c(/C=C/C(=O)NS(=O)(=O)c3cc(F)c(F)cc3F)cccc21. The molecule has 4 aromatic rings. The van der Waals surface area contributed by atoms with E-state index in [0.29, 0.717) is 11.3 Å². The molecule has 0 bridgehead atoms. The number of amides is 2. The number of halogens is 3. The fourth-order valence-electron chi connectivity index (χ4n) is 4.63. The van der Waals surface area contributed by atoms with E-state index in [1.165, 1.54) is 6.08 Å². The summed E-state index contributed by atoms with van der Waals surface area (Å²) in [6.07, 6.45) is 2.25. The third-order valence-corrected chi connectivity index (χ3v) is 7.90. The number of rotatable bonds is 6. The number of fused-ring (bicyclic) bond motifs is 2. The lowest BCUT2D eigenvalue weighted by atomic mass is 10.00. The summed E-state index contributed by atoms with van der Waals surface area (Å²) in [6.45, 7) is 2.06. The second-order valence-electron chi connectivity index (χ2n) is 9.11. The van der Waals surface area contributed by atoms with Gasteiger partial charge < -0.3 is 4.90 Å². The van der Waals surface area contributed by atoms with Crippen LogP contribution in [0.3, 0.4) is 0 Å². The fourth-order valence-corrected chi connectivity index (χ4v) is 5.64. The zero-order valence-corrected chi connectivity index (χ0v) is 21.3. The van der Waals surface area contributed by atoms with E-state index in [0.717, 1.165) is 28.0 Å². The lowest BCUT2D eigenvalue weighted by Crippen LogP contribution is -2.30. The van der Waals surface area contributed by atoms with E-state index >= 15 is 0 Å². The lowest BCUT2D eigenvalue weighted by Gasteiger charge is -2.20. The maximum atomic E-state index is 14.0. The van der Waals surface area contributed by atoms with Crippen LogP contribution in [0.5, 0.6) is 0 Å². The van der Waals surface area contributed by atoms with Crippen LogP contribution < -0.4 is 9.62 Å². The summed E-state index contributed by atoms with van der Waals surface area (Å²) in [5, 5.41) is 2.09. The summed E-state index contributed by atoms with van der Waals surface area (Å²) in [5.41, 5.74) is 2.72. The van der Waals surface area contributed by atoms with E-state index in [4.69, 9.17) is 0 Å². The van der Waals surface area contributed by atoms with Crippen molar-refractivity contribution in [2.24, 2.45) is 0 Å². The molecule has 198 valence electrons. The number of sulfonamides is 1. The number of para-hydroxylation sites is 1. The minimum Gasteiger partial charge on any atom is -0.307 e. The van der Waals surface area contributed by atoms with Crippen LogP contribution >= 0.6 is 0 Å². The Labute approximate surface area is 222 Å². The zero-order chi connectivity index (χ0) is 27.9. The minimum atomic E-state index is -4.83. The molecule has 0 aromatic heterocycles. The van der Waals surface area contributed by atoms with Crippen LogP contribution in [-0.4, -0.2) is 20.2 Å². The average molecular weight is 551 g/mol. The summed E-state index contributed by atoms with van der Waals surface area (Å²) in [5.74, 6) is -6.39. The molecule has 1 heterocycles. The predicted molar refractivity (Wildman–Crippen MR) is 141 cm³/mol. The summed E-state index contributed by atoms with van der Waals surface area (Å²) < 4.78 is 67.1. The van der Waals surface area contributed by atoms with Crippen LogP contribution in [0.4, 0.5) is 18.9 Å². The maximum Gasteiger partial charge on any atom is 0.267 e. The Morgan fingerprint density at radius 2 is 1.64 bits per heavy atom. The van der Waals surface area contributed by atoms with Gasteiger partial charge in [-0.3, -0.25) is 9.59 Å². The second-order valence-corrected chi connectivity index (χ2v) is 10.8. The number of carbonyl (C=O) groups excluding carboxylic acids is 2. The molecule has 10 heteroatoms. The lowest BCUT2D eigenvalue weighted by molar-refractivity contribution is -0.119. The normalized spacial score (nSPS) is 15.2. The Morgan fingerprint density at radius 1 is 0.923 bits per heavy atom. The first-order valence-corrected chi connectivity index (χ1v) is 13.3. The Balaban J connectivity index is 1.42. The molecule has 0 spiro atoms. The quantitative estimate of drug-likeness (QED) is 0.257. The van der Waals surface area contributed by atoms with Crippen molar-refractivity contribution in [3.05, 3.63) is 113 Å². The van der Waals surface area contributed by atoms with E-state index in [1.54, 1.807) is 28.7 Å². The van der Waals surface area contributed by atoms with Crippen molar-refractivity contribution in [1.29, 1.82) is 0 Å². The molecule has 1 N–H and O–H groups in total. The highest BCUT2D eigenvalue weighted by atomic mass is 32.2. The van der Waals surface area contributed by atoms with Gasteiger partial charge in [0.15, 0.2) is 11.6 Å². The van der Waals surface area contributed by atoms with Gasteiger partial charge in [-0.05, 0) is 46.5 Å². The summed E-state index contributed by atoms with van der Waals surface area (Å²) in [7, 11) is -4.83. The standard InChI is InChI=1S/C29H21F3N2O4S/c1-17-22-8-4-7-20(11-12-27(35)33-39(37,38)26-15-24(31)23(30)14-25(26)32)28(22)34(29(17)36)16-18-9-10-19-5-2-3-6-21(19)13-18/h2-15,17H,16H2,1H3,(H,33,35)/b12-11+. The molecule has 0 saturated heterocycles. The Morgan fingerprint density at radius 3 is 2.41 bits per heavy atom. The molecule has 0 saturated carbocycles. The molecule has 39 heavy (non-hydrogen) atoms. The summed E-state index contributed by atoms with van der Waals surface area (Å²) >= 11 is 0. The number of benzene rings is 4. The summed E-state index contributed by atoms with van der Waals surface area (Å²) in [4.78, 5) is 26.1. The Bertz CT molecular complexity index is 1790. The topological polar surface area (TPSA) is 83.6 Å². The average Bonchev–Trinajstić information content (AvgIpc) is 3.14. The van der Waals surface area contributed by atoms with Crippen molar-refractivity contribution in [3.8, 4) is 0 Å². The van der Waals surface area contributed by atoms with Gasteiger partial charge in [0.25, 0.3) is 15.9 Å². The largest absolute Gasteiger partial charge is 0.307 e. The highest BCUT2D eigenvalue weighted by molar-refractivity contribution is 7.90. The van der Waals surface area contributed by atoms with Gasteiger partial charge in [-0.25, -0.2) is 26.3 Å². The first-order valence-electron chi connectivity index (χ1n) is 11.9. The molecule has 5 rings (SSSR count). The van der Waals surface area contributed by atoms with E-state index < -0.39 is 44.2 Å². The molecule has 2 amide bonds. The summed E-state index contributed by atoms with van der Waals surface area (Å²) in [6, 6.07) is 19.2. The molecule has 0 radical (unpaired) electrons. The van der Waals surface area contributed by atoms with Crippen molar-refractivity contribution in [3.63, 3.8) is 0 Å². The molecular weight excluding hydrogens is 529 g/mol. The van der Waals surface area contributed by atoms with Gasteiger partial charge in [0, 0.05) is 18.2 Å². The van der Waals surface area contributed by atoms with Gasteiger partial charge >= 0.3 is 0 Å². The molecular formula is C29H21F3N2O4S. The highest BCUT2D eigenvalue weighted by Crippen LogP contribution is 2.41. The van der Waals surface area contributed by atoms with Gasteiger partial charge in [-0.15, -0.1) is 0 Å². The number of nitrogens with zero attached hydrogens (tertiary/aromatic N) is 1. The third-order valence-electron chi connectivity index (χ3n) is 6.54. The molecule has 4 aromatic carbocycles. The number of hydrogen-bond acceptors (Lipinski definition) is 4. The van der Waals surface area contributed by atoms with Crippen LogP contribution in [0.2, 0.25) is 0 Å². The van der Waals surface area contributed by atoms with E-state index in [9.17, 15) is 31.2 Å². The number of anilines is 1. The van der Waals surface area contributed by atoms with E-state index in [2.05, 4.69) is 0 Å². The van der Waals surface area contributed by atoms with Gasteiger partial charge in [0.2, 0.25) is 5.91 Å². The Kier molecular flexibility index (Phi) is 6.73. The predicted octanol–water partition coefficient (Wildman–Crippen LogP) is 5.43. The maximum absolute atomic E-state index is 14.0. The van der Waals surface area contributed by atoms with Crippen molar-refractivity contribution in [2.45, 2.75) is 24.3 Å². The van der Waals surface area contributed by atoms with Gasteiger partial charge in [0.05, 0.1) is 18.2 Å². The van der Waals surface area contributed by atoms with Gasteiger partial charge in [-0.2, -0.15) is 0 Å². The zero-order valence-electron chi connectivity index (χ0n) is 20.5. The Hall–Kier alpha value is -4.44. The van der Waals surface area contributed by atoms with Crippen molar-refractivity contribution >= 4 is 44.4 Å². The molecule has 1 aliphatic heterocycles. The number of hydrogen-bond donors (Lipinski definition) is 1. The van der Waals surface area contributed by atoms with Gasteiger partial charge in [-0.1, -0.05) is 54.6 Å². The van der Waals surface area contributed by atoms with Crippen LogP contribution in [0.1, 0.15) is 29.5 Å². The molecule has 6 nitrogen and oxygen atoms in total. The molecule has 1 aliphatic rings. The van der Waals surface area contributed by atoms with Crippen LogP contribution in [-0.2, 0) is 26.2 Å². The second kappa shape index (κ2) is 10.0. The molecule has 0 fully saturated rings.